The Kier molecular flexibility index (Phi) is 9.80. The van der Waals surface area contributed by atoms with Crippen molar-refractivity contribution < 1.29 is 17.9 Å². The highest BCUT2D eigenvalue weighted by Crippen LogP contribution is 2.16. The molecule has 1 aliphatic rings. The van der Waals surface area contributed by atoms with Crippen LogP contribution in [0.4, 0.5) is 0 Å². The molecule has 9 nitrogen and oxygen atoms in total. The maximum atomic E-state index is 12.5. The smallest absolute Gasteiger partial charge is 0.218 e. The maximum Gasteiger partial charge on any atom is 0.218 e. The predicted molar refractivity (Wildman–Crippen MR) is 118 cm³/mol. The molecule has 1 fully saturated rings. The van der Waals surface area contributed by atoms with Gasteiger partial charge in [-0.15, -0.1) is 0 Å². The van der Waals surface area contributed by atoms with Crippen LogP contribution in [0, 0.1) is 0 Å². The highest BCUT2D eigenvalue weighted by molar-refractivity contribution is 7.89. The number of nitrogens with zero attached hydrogens (tertiary/aromatic N) is 4. The van der Waals surface area contributed by atoms with Gasteiger partial charge in [-0.3, -0.25) is 0 Å². The number of piperazine rings is 1. The Bertz CT molecular complexity index is 777. The first-order valence-corrected chi connectivity index (χ1v) is 12.2. The van der Waals surface area contributed by atoms with Crippen LogP contribution < -0.4 is 10.1 Å². The molecule has 2 rings (SSSR count). The molecule has 1 aromatic rings. The SMILES string of the molecule is CCNC(=NCc1cccnc1OCC)N1CCN(S(=O)(=O)CCOC(C)C)CC1. The summed E-state index contributed by atoms with van der Waals surface area (Å²) in [5, 5.41) is 3.30. The van der Waals surface area contributed by atoms with Gasteiger partial charge in [-0.1, -0.05) is 6.07 Å². The Morgan fingerprint density at radius 3 is 2.63 bits per heavy atom. The fourth-order valence-electron chi connectivity index (χ4n) is 3.09. The van der Waals surface area contributed by atoms with E-state index in [0.717, 1.165) is 18.1 Å². The zero-order valence-electron chi connectivity index (χ0n) is 18.5. The largest absolute Gasteiger partial charge is 0.478 e. The van der Waals surface area contributed by atoms with Crippen molar-refractivity contribution in [1.29, 1.82) is 0 Å². The van der Waals surface area contributed by atoms with Gasteiger partial charge in [0.2, 0.25) is 15.9 Å². The third-order valence-electron chi connectivity index (χ3n) is 4.59. The van der Waals surface area contributed by atoms with Crippen LogP contribution in [0.15, 0.2) is 23.3 Å². The normalized spacial score (nSPS) is 16.2. The van der Waals surface area contributed by atoms with Gasteiger partial charge in [0.25, 0.3) is 0 Å². The topological polar surface area (TPSA) is 96.4 Å². The number of aromatic nitrogens is 1. The standard InChI is InChI=1S/C20H35N5O4S/c1-5-21-20(23-16-18-8-7-9-22-19(18)28-6-2)24-10-12-25(13-11-24)30(26,27)15-14-29-17(3)4/h7-9,17H,5-6,10-16H2,1-4H3,(H,21,23). The Balaban J connectivity index is 1.98. The second-order valence-electron chi connectivity index (χ2n) is 7.19. The van der Waals surface area contributed by atoms with Crippen molar-refractivity contribution in [3.8, 4) is 5.88 Å². The second kappa shape index (κ2) is 12.1. The minimum absolute atomic E-state index is 0.0144. The van der Waals surface area contributed by atoms with Crippen LogP contribution in [0.5, 0.6) is 5.88 Å². The van der Waals surface area contributed by atoms with Gasteiger partial charge in [-0.05, 0) is 33.8 Å². The minimum atomic E-state index is -3.31. The molecule has 1 saturated heterocycles. The van der Waals surface area contributed by atoms with Crippen LogP contribution >= 0.6 is 0 Å². The summed E-state index contributed by atoms with van der Waals surface area (Å²) in [4.78, 5) is 11.1. The van der Waals surface area contributed by atoms with Gasteiger partial charge in [-0.2, -0.15) is 4.31 Å². The van der Waals surface area contributed by atoms with Crippen molar-refractivity contribution in [2.75, 3.05) is 51.7 Å². The van der Waals surface area contributed by atoms with Crippen molar-refractivity contribution in [1.82, 2.24) is 19.5 Å². The Morgan fingerprint density at radius 1 is 1.27 bits per heavy atom. The van der Waals surface area contributed by atoms with Crippen molar-refractivity contribution in [3.63, 3.8) is 0 Å². The van der Waals surface area contributed by atoms with Crippen LogP contribution in [-0.2, 0) is 21.3 Å². The van der Waals surface area contributed by atoms with E-state index in [9.17, 15) is 8.42 Å². The monoisotopic (exact) mass is 441 g/mol. The van der Waals surface area contributed by atoms with E-state index in [0.29, 0.717) is 45.2 Å². The summed E-state index contributed by atoms with van der Waals surface area (Å²) < 4.78 is 37.6. The Morgan fingerprint density at radius 2 is 2.00 bits per heavy atom. The number of aliphatic imine (C=N–C) groups is 1. The number of hydrogen-bond acceptors (Lipinski definition) is 6. The van der Waals surface area contributed by atoms with Gasteiger partial charge in [-0.25, -0.2) is 18.4 Å². The number of guanidine groups is 1. The molecule has 0 unspecified atom stereocenters. The van der Waals surface area contributed by atoms with E-state index >= 15 is 0 Å². The quantitative estimate of drug-likeness (QED) is 0.432. The van der Waals surface area contributed by atoms with Crippen molar-refractivity contribution in [2.45, 2.75) is 40.3 Å². The zero-order chi connectivity index (χ0) is 22.0. The van der Waals surface area contributed by atoms with Gasteiger partial charge in [0.1, 0.15) is 0 Å². The van der Waals surface area contributed by atoms with Crippen LogP contribution in [0.2, 0.25) is 0 Å². The summed E-state index contributed by atoms with van der Waals surface area (Å²) in [6.07, 6.45) is 1.73. The van der Waals surface area contributed by atoms with E-state index in [2.05, 4.69) is 15.2 Å². The molecule has 0 bridgehead atoms. The van der Waals surface area contributed by atoms with E-state index < -0.39 is 10.0 Å². The lowest BCUT2D eigenvalue weighted by Gasteiger charge is -2.36. The molecular weight excluding hydrogens is 406 g/mol. The Labute approximate surface area is 180 Å². The molecule has 1 aromatic heterocycles. The number of nitrogens with one attached hydrogen (secondary N) is 1. The molecule has 2 heterocycles. The molecular formula is C20H35N5O4S. The number of pyridine rings is 1. The molecule has 0 aromatic carbocycles. The molecule has 0 spiro atoms. The third kappa shape index (κ3) is 7.41. The lowest BCUT2D eigenvalue weighted by molar-refractivity contribution is 0.0904. The third-order valence-corrected chi connectivity index (χ3v) is 6.42. The van der Waals surface area contributed by atoms with Crippen molar-refractivity contribution >= 4 is 16.0 Å². The van der Waals surface area contributed by atoms with Crippen LogP contribution in [0.3, 0.4) is 0 Å². The van der Waals surface area contributed by atoms with Gasteiger partial charge < -0.3 is 19.7 Å². The molecule has 0 saturated carbocycles. The van der Waals surface area contributed by atoms with Crippen LogP contribution in [-0.4, -0.2) is 86.4 Å². The first kappa shape index (κ1) is 24.4. The molecule has 1 aliphatic heterocycles. The van der Waals surface area contributed by atoms with E-state index in [4.69, 9.17) is 14.5 Å². The van der Waals surface area contributed by atoms with Crippen molar-refractivity contribution in [2.24, 2.45) is 4.99 Å². The number of sulfonamides is 1. The van der Waals surface area contributed by atoms with Gasteiger partial charge in [0.15, 0.2) is 5.96 Å². The number of rotatable bonds is 10. The summed E-state index contributed by atoms with van der Waals surface area (Å²) in [5.41, 5.74) is 0.918. The molecule has 170 valence electrons. The lowest BCUT2D eigenvalue weighted by atomic mass is 10.3. The average molecular weight is 442 g/mol. The molecule has 10 heteroatoms. The van der Waals surface area contributed by atoms with Crippen molar-refractivity contribution in [3.05, 3.63) is 23.9 Å². The predicted octanol–water partition coefficient (Wildman–Crippen LogP) is 1.32. The highest BCUT2D eigenvalue weighted by atomic mass is 32.2. The molecule has 1 N–H and O–H groups in total. The lowest BCUT2D eigenvalue weighted by Crippen LogP contribution is -2.54. The van der Waals surface area contributed by atoms with Gasteiger partial charge in [0, 0.05) is 44.5 Å². The second-order valence-corrected chi connectivity index (χ2v) is 9.28. The number of ether oxygens (including phenoxy) is 2. The summed E-state index contributed by atoms with van der Waals surface area (Å²) >= 11 is 0. The first-order chi connectivity index (χ1) is 14.4. The summed E-state index contributed by atoms with van der Waals surface area (Å²) in [5.74, 6) is 1.38. The minimum Gasteiger partial charge on any atom is -0.478 e. The fraction of sp³-hybridized carbons (Fsp3) is 0.700. The van der Waals surface area contributed by atoms with Crippen LogP contribution in [0.25, 0.3) is 0 Å². The molecule has 30 heavy (non-hydrogen) atoms. The van der Waals surface area contributed by atoms with Gasteiger partial charge in [0.05, 0.1) is 31.6 Å². The molecule has 0 atom stereocenters. The molecule has 0 amide bonds. The first-order valence-electron chi connectivity index (χ1n) is 10.6. The van der Waals surface area contributed by atoms with E-state index in [1.165, 1.54) is 0 Å². The van der Waals surface area contributed by atoms with E-state index in [-0.39, 0.29) is 18.5 Å². The summed E-state index contributed by atoms with van der Waals surface area (Å²) in [6, 6.07) is 3.82. The van der Waals surface area contributed by atoms with Gasteiger partial charge >= 0.3 is 0 Å². The highest BCUT2D eigenvalue weighted by Gasteiger charge is 2.28. The average Bonchev–Trinajstić information content (AvgIpc) is 2.72. The fourth-order valence-corrected chi connectivity index (χ4v) is 4.38. The maximum absolute atomic E-state index is 12.5. The Hall–Kier alpha value is -1.91. The molecule has 0 aliphatic carbocycles. The summed E-state index contributed by atoms with van der Waals surface area (Å²) in [7, 11) is -3.31. The zero-order valence-corrected chi connectivity index (χ0v) is 19.3. The van der Waals surface area contributed by atoms with E-state index in [1.807, 2.05) is 39.8 Å². The van der Waals surface area contributed by atoms with E-state index in [1.54, 1.807) is 10.5 Å². The summed E-state index contributed by atoms with van der Waals surface area (Å²) in [6.45, 7) is 11.7. The molecule has 0 radical (unpaired) electrons. The number of hydrogen-bond donors (Lipinski definition) is 1. The van der Waals surface area contributed by atoms with Crippen LogP contribution in [0.1, 0.15) is 33.3 Å².